The van der Waals surface area contributed by atoms with Crippen LogP contribution in [0.15, 0.2) is 47.2 Å². The lowest BCUT2D eigenvalue weighted by molar-refractivity contribution is 0.378. The fourth-order valence-corrected chi connectivity index (χ4v) is 2.49. The van der Waals surface area contributed by atoms with Crippen molar-refractivity contribution in [3.63, 3.8) is 0 Å². The van der Waals surface area contributed by atoms with Crippen LogP contribution in [0.25, 0.3) is 10.9 Å². The molecule has 0 saturated heterocycles. The zero-order valence-corrected chi connectivity index (χ0v) is 12.5. The zero-order valence-electron chi connectivity index (χ0n) is 12.5. The summed E-state index contributed by atoms with van der Waals surface area (Å²) < 4.78 is 7.36. The lowest BCUT2D eigenvalue weighted by atomic mass is 10.1. The lowest BCUT2D eigenvalue weighted by Crippen LogP contribution is -2.18. The van der Waals surface area contributed by atoms with E-state index >= 15 is 0 Å². The van der Waals surface area contributed by atoms with Crippen LogP contribution in [0, 0.1) is 5.92 Å². The second-order valence-corrected chi connectivity index (χ2v) is 5.84. The Morgan fingerprint density at radius 1 is 1.24 bits per heavy atom. The maximum Gasteiger partial charge on any atom is 0.156 e. The molecule has 1 N–H and O–H groups in total. The number of nitrogens with one attached hydrogen (secondary N) is 1. The van der Waals surface area contributed by atoms with Crippen molar-refractivity contribution >= 4 is 10.9 Å². The number of nitrogens with zero attached hydrogens (tertiary/aromatic N) is 2. The van der Waals surface area contributed by atoms with Crippen LogP contribution in [0.2, 0.25) is 0 Å². The Morgan fingerprint density at radius 3 is 2.90 bits per heavy atom. The molecule has 1 aromatic carbocycles. The summed E-state index contributed by atoms with van der Waals surface area (Å²) in [5.74, 6) is 1.55. The Bertz CT molecular complexity index is 698. The van der Waals surface area contributed by atoms with E-state index in [1.54, 1.807) is 6.20 Å². The van der Waals surface area contributed by atoms with Gasteiger partial charge < -0.3 is 14.4 Å². The molecule has 2 heterocycles. The summed E-state index contributed by atoms with van der Waals surface area (Å²) >= 11 is 0. The predicted octanol–water partition coefficient (Wildman–Crippen LogP) is 3.42. The summed E-state index contributed by atoms with van der Waals surface area (Å²) in [5, 5.41) is 8.49. The van der Waals surface area contributed by atoms with Crippen LogP contribution in [-0.2, 0) is 13.1 Å². The Hall–Kier alpha value is -2.07. The average molecular weight is 283 g/mol. The molecule has 0 atom stereocenters. The van der Waals surface area contributed by atoms with Gasteiger partial charge in [-0.15, -0.1) is 0 Å². The Balaban J connectivity index is 1.74. The van der Waals surface area contributed by atoms with Gasteiger partial charge in [-0.05, 0) is 41.6 Å². The van der Waals surface area contributed by atoms with E-state index in [9.17, 15) is 0 Å². The van der Waals surface area contributed by atoms with Crippen LogP contribution in [0.1, 0.15) is 25.2 Å². The number of aromatic nitrogens is 2. The number of fused-ring (bicyclic) bond motifs is 1. The summed E-state index contributed by atoms with van der Waals surface area (Å²) in [6, 6.07) is 10.7. The van der Waals surface area contributed by atoms with Gasteiger partial charge in [-0.1, -0.05) is 25.1 Å². The summed E-state index contributed by atoms with van der Waals surface area (Å²) in [6.07, 6.45) is 3.78. The minimum Gasteiger partial charge on any atom is -0.359 e. The van der Waals surface area contributed by atoms with Crippen molar-refractivity contribution in [2.45, 2.75) is 26.9 Å². The molecule has 0 unspecified atom stereocenters. The summed E-state index contributed by atoms with van der Waals surface area (Å²) in [7, 11) is 0. The van der Waals surface area contributed by atoms with Crippen molar-refractivity contribution in [3.05, 3.63) is 54.0 Å². The van der Waals surface area contributed by atoms with Crippen molar-refractivity contribution in [2.75, 3.05) is 6.54 Å². The van der Waals surface area contributed by atoms with Gasteiger partial charge >= 0.3 is 0 Å². The smallest absolute Gasteiger partial charge is 0.156 e. The first-order chi connectivity index (χ1) is 10.2. The van der Waals surface area contributed by atoms with Gasteiger partial charge in [0.15, 0.2) is 5.76 Å². The number of benzene rings is 1. The highest BCUT2D eigenvalue weighted by atomic mass is 16.5. The molecule has 0 radical (unpaired) electrons. The van der Waals surface area contributed by atoms with Gasteiger partial charge in [0.1, 0.15) is 0 Å². The standard InChI is InChI=1S/C17H21N3O/c1-13(2)10-18-11-14-3-4-17-15(9-14)6-8-20(17)12-16-5-7-19-21-16/h3-9,13,18H,10-12H2,1-2H3. The third-order valence-corrected chi connectivity index (χ3v) is 3.53. The van der Waals surface area contributed by atoms with E-state index < -0.39 is 0 Å². The molecule has 0 amide bonds. The van der Waals surface area contributed by atoms with E-state index in [4.69, 9.17) is 4.52 Å². The van der Waals surface area contributed by atoms with Gasteiger partial charge in [0, 0.05) is 24.3 Å². The second-order valence-electron chi connectivity index (χ2n) is 5.84. The highest BCUT2D eigenvalue weighted by Crippen LogP contribution is 2.19. The number of hydrogen-bond donors (Lipinski definition) is 1. The van der Waals surface area contributed by atoms with Gasteiger partial charge in [0.2, 0.25) is 0 Å². The molecule has 3 aromatic rings. The predicted molar refractivity (Wildman–Crippen MR) is 84.1 cm³/mol. The molecular formula is C17H21N3O. The Kier molecular flexibility index (Phi) is 4.06. The van der Waals surface area contributed by atoms with E-state index in [-0.39, 0.29) is 0 Å². The first-order valence-electron chi connectivity index (χ1n) is 7.40. The van der Waals surface area contributed by atoms with Gasteiger partial charge in [-0.25, -0.2) is 0 Å². The fourth-order valence-electron chi connectivity index (χ4n) is 2.49. The van der Waals surface area contributed by atoms with Crippen LogP contribution in [-0.4, -0.2) is 16.3 Å². The van der Waals surface area contributed by atoms with Crippen LogP contribution in [0.4, 0.5) is 0 Å². The largest absolute Gasteiger partial charge is 0.359 e. The monoisotopic (exact) mass is 283 g/mol. The summed E-state index contributed by atoms with van der Waals surface area (Å²) in [4.78, 5) is 0. The maximum absolute atomic E-state index is 5.17. The first-order valence-corrected chi connectivity index (χ1v) is 7.40. The highest BCUT2D eigenvalue weighted by molar-refractivity contribution is 5.81. The third kappa shape index (κ3) is 3.34. The van der Waals surface area contributed by atoms with Gasteiger partial charge in [0.05, 0.1) is 12.7 Å². The fraction of sp³-hybridized carbons (Fsp3) is 0.353. The van der Waals surface area contributed by atoms with Crippen molar-refractivity contribution in [1.82, 2.24) is 15.0 Å². The number of rotatable bonds is 6. The SMILES string of the molecule is CC(C)CNCc1ccc2c(ccn2Cc2ccno2)c1. The van der Waals surface area contributed by atoms with Crippen molar-refractivity contribution in [3.8, 4) is 0 Å². The summed E-state index contributed by atoms with van der Waals surface area (Å²) in [6.45, 7) is 7.12. The lowest BCUT2D eigenvalue weighted by Gasteiger charge is -2.08. The highest BCUT2D eigenvalue weighted by Gasteiger charge is 2.05. The molecule has 2 aromatic heterocycles. The molecule has 0 fully saturated rings. The molecule has 110 valence electrons. The van der Waals surface area contributed by atoms with Crippen LogP contribution >= 0.6 is 0 Å². The maximum atomic E-state index is 5.17. The molecule has 4 heteroatoms. The van der Waals surface area contributed by atoms with E-state index in [2.05, 4.69) is 59.4 Å². The van der Waals surface area contributed by atoms with Crippen LogP contribution < -0.4 is 5.32 Å². The van der Waals surface area contributed by atoms with Crippen molar-refractivity contribution in [2.24, 2.45) is 5.92 Å². The molecule has 21 heavy (non-hydrogen) atoms. The van der Waals surface area contributed by atoms with E-state index in [1.807, 2.05) is 6.07 Å². The molecule has 3 rings (SSSR count). The van der Waals surface area contributed by atoms with Crippen LogP contribution in [0.5, 0.6) is 0 Å². The van der Waals surface area contributed by atoms with E-state index in [0.29, 0.717) is 12.5 Å². The molecule has 0 spiro atoms. The molecule has 0 aliphatic heterocycles. The quantitative estimate of drug-likeness (QED) is 0.753. The van der Waals surface area contributed by atoms with E-state index in [0.717, 1.165) is 18.8 Å². The van der Waals surface area contributed by atoms with Gasteiger partial charge in [-0.3, -0.25) is 0 Å². The minimum atomic E-state index is 0.678. The normalized spacial score (nSPS) is 11.6. The molecule has 0 bridgehead atoms. The zero-order chi connectivity index (χ0) is 14.7. The Morgan fingerprint density at radius 2 is 2.14 bits per heavy atom. The van der Waals surface area contributed by atoms with E-state index in [1.165, 1.54) is 16.5 Å². The van der Waals surface area contributed by atoms with Crippen LogP contribution in [0.3, 0.4) is 0 Å². The van der Waals surface area contributed by atoms with Gasteiger partial charge in [-0.2, -0.15) is 0 Å². The third-order valence-electron chi connectivity index (χ3n) is 3.53. The molecule has 0 aliphatic rings. The average Bonchev–Trinajstić information content (AvgIpc) is 3.09. The molecule has 0 aliphatic carbocycles. The molecule has 4 nitrogen and oxygen atoms in total. The van der Waals surface area contributed by atoms with Crippen molar-refractivity contribution < 1.29 is 4.52 Å². The first kappa shape index (κ1) is 13.9. The molecular weight excluding hydrogens is 262 g/mol. The second kappa shape index (κ2) is 6.14. The topological polar surface area (TPSA) is 43.0 Å². The number of hydrogen-bond acceptors (Lipinski definition) is 3. The summed E-state index contributed by atoms with van der Waals surface area (Å²) in [5.41, 5.74) is 2.54. The van der Waals surface area contributed by atoms with Crippen molar-refractivity contribution in [1.29, 1.82) is 0 Å². The minimum absolute atomic E-state index is 0.678. The molecule has 0 saturated carbocycles. The Labute approximate surface area is 124 Å². The van der Waals surface area contributed by atoms with Gasteiger partial charge in [0.25, 0.3) is 0 Å².